The summed E-state index contributed by atoms with van der Waals surface area (Å²) in [5.41, 5.74) is 0.958. The highest BCUT2D eigenvalue weighted by Gasteiger charge is 2.10. The number of carbonyl (C=O) groups is 1. The first-order valence-corrected chi connectivity index (χ1v) is 5.58. The van der Waals surface area contributed by atoms with E-state index in [1.807, 2.05) is 27.7 Å². The molecule has 1 aromatic rings. The van der Waals surface area contributed by atoms with Gasteiger partial charge in [0.15, 0.2) is 5.78 Å². The number of hydrogen-bond donors (Lipinski definition) is 2. The Balaban J connectivity index is 0. The third kappa shape index (κ3) is 6.38. The molecular formula is C12H21BO3. The van der Waals surface area contributed by atoms with Gasteiger partial charge in [0, 0.05) is 5.56 Å². The molecule has 3 nitrogen and oxygen atoms in total. The van der Waals surface area contributed by atoms with Crippen molar-refractivity contribution in [3.63, 3.8) is 0 Å². The smallest absolute Gasteiger partial charge is 0.423 e. The summed E-state index contributed by atoms with van der Waals surface area (Å²) in [7, 11) is -1.47. The van der Waals surface area contributed by atoms with Crippen molar-refractivity contribution in [3.05, 3.63) is 29.8 Å². The minimum Gasteiger partial charge on any atom is -0.423 e. The molecule has 0 amide bonds. The fourth-order valence-electron chi connectivity index (χ4n) is 0.890. The summed E-state index contributed by atoms with van der Waals surface area (Å²) in [6, 6.07) is 6.16. The van der Waals surface area contributed by atoms with Gasteiger partial charge in [0.25, 0.3) is 0 Å². The largest absolute Gasteiger partial charge is 0.488 e. The highest BCUT2D eigenvalue weighted by Crippen LogP contribution is 1.97. The maximum atomic E-state index is 10.8. The molecule has 0 heterocycles. The number of benzene rings is 1. The molecule has 0 aliphatic heterocycles. The van der Waals surface area contributed by atoms with Gasteiger partial charge >= 0.3 is 7.12 Å². The zero-order valence-electron chi connectivity index (χ0n) is 10.7. The van der Waals surface area contributed by atoms with Crippen LogP contribution < -0.4 is 5.46 Å². The van der Waals surface area contributed by atoms with E-state index in [1.165, 1.54) is 19.1 Å². The highest BCUT2D eigenvalue weighted by atomic mass is 16.4. The molecule has 4 heteroatoms. The van der Waals surface area contributed by atoms with Crippen molar-refractivity contribution >= 4 is 18.4 Å². The number of hydrogen-bond acceptors (Lipinski definition) is 3. The molecule has 0 aliphatic rings. The molecule has 1 aromatic carbocycles. The topological polar surface area (TPSA) is 57.5 Å². The lowest BCUT2D eigenvalue weighted by Gasteiger charge is -1.99. The number of ketones is 1. The monoisotopic (exact) mass is 224 g/mol. The molecule has 0 bridgehead atoms. The second-order valence-electron chi connectivity index (χ2n) is 2.55. The molecule has 2 N–H and O–H groups in total. The van der Waals surface area contributed by atoms with E-state index in [9.17, 15) is 4.79 Å². The van der Waals surface area contributed by atoms with Crippen LogP contribution in [0.4, 0.5) is 0 Å². The van der Waals surface area contributed by atoms with E-state index in [2.05, 4.69) is 0 Å². The van der Waals surface area contributed by atoms with E-state index < -0.39 is 7.12 Å². The van der Waals surface area contributed by atoms with Crippen LogP contribution in [-0.2, 0) is 0 Å². The van der Waals surface area contributed by atoms with E-state index in [0.29, 0.717) is 11.0 Å². The van der Waals surface area contributed by atoms with Crippen molar-refractivity contribution in [2.75, 3.05) is 0 Å². The van der Waals surface area contributed by atoms with Crippen molar-refractivity contribution in [1.29, 1.82) is 0 Å². The first-order chi connectivity index (χ1) is 7.61. The maximum Gasteiger partial charge on any atom is 0.488 e. The Kier molecular flexibility index (Phi) is 11.2. The number of carbonyl (C=O) groups excluding carboxylic acids is 1. The Hall–Kier alpha value is -1.13. The quantitative estimate of drug-likeness (QED) is 0.592. The normalized spacial score (nSPS) is 7.94. The van der Waals surface area contributed by atoms with Crippen LogP contribution in [0.1, 0.15) is 45.0 Å². The molecule has 0 spiro atoms. The van der Waals surface area contributed by atoms with Gasteiger partial charge < -0.3 is 10.0 Å². The zero-order chi connectivity index (χ0) is 13.1. The van der Waals surface area contributed by atoms with E-state index in [1.54, 1.807) is 12.1 Å². The summed E-state index contributed by atoms with van der Waals surface area (Å²) in [4.78, 5) is 10.8. The van der Waals surface area contributed by atoms with Gasteiger partial charge in [-0.2, -0.15) is 0 Å². The van der Waals surface area contributed by atoms with Crippen molar-refractivity contribution in [2.45, 2.75) is 34.6 Å². The summed E-state index contributed by atoms with van der Waals surface area (Å²) in [6.07, 6.45) is 0. The zero-order valence-corrected chi connectivity index (χ0v) is 10.7. The molecule has 0 saturated carbocycles. The fourth-order valence-corrected chi connectivity index (χ4v) is 0.890. The predicted octanol–water partition coefficient (Wildman–Crippen LogP) is 1.62. The SMILES string of the molecule is CC.CC.CC(=O)c1ccc(B(O)O)cc1. The number of rotatable bonds is 2. The maximum absolute atomic E-state index is 10.8. The molecule has 90 valence electrons. The van der Waals surface area contributed by atoms with Gasteiger partial charge in [-0.25, -0.2) is 0 Å². The van der Waals surface area contributed by atoms with Crippen LogP contribution >= 0.6 is 0 Å². The summed E-state index contributed by atoms with van der Waals surface area (Å²) < 4.78 is 0. The molecule has 0 atom stereocenters. The van der Waals surface area contributed by atoms with Crippen LogP contribution in [0.25, 0.3) is 0 Å². The van der Waals surface area contributed by atoms with Crippen LogP contribution in [0.15, 0.2) is 24.3 Å². The average molecular weight is 224 g/mol. The second kappa shape index (κ2) is 10.4. The fraction of sp³-hybridized carbons (Fsp3) is 0.417. The Morgan fingerprint density at radius 2 is 1.38 bits per heavy atom. The highest BCUT2D eigenvalue weighted by molar-refractivity contribution is 6.58. The van der Waals surface area contributed by atoms with Gasteiger partial charge in [0.05, 0.1) is 0 Å². The summed E-state index contributed by atoms with van der Waals surface area (Å²) in [6.45, 7) is 9.46. The minimum absolute atomic E-state index is 0.0334. The Bertz CT molecular complexity index is 281. The van der Waals surface area contributed by atoms with Crippen LogP contribution in [0.5, 0.6) is 0 Å². The van der Waals surface area contributed by atoms with Crippen LogP contribution in [0.3, 0.4) is 0 Å². The van der Waals surface area contributed by atoms with E-state index in [-0.39, 0.29) is 5.78 Å². The van der Waals surface area contributed by atoms with Crippen LogP contribution in [-0.4, -0.2) is 22.9 Å². The van der Waals surface area contributed by atoms with E-state index in [0.717, 1.165) is 0 Å². The Morgan fingerprint density at radius 1 is 1.00 bits per heavy atom. The minimum atomic E-state index is -1.47. The molecule has 0 unspecified atom stereocenters. The van der Waals surface area contributed by atoms with Crippen molar-refractivity contribution in [1.82, 2.24) is 0 Å². The Morgan fingerprint density at radius 3 is 1.62 bits per heavy atom. The molecular weight excluding hydrogens is 203 g/mol. The van der Waals surface area contributed by atoms with E-state index in [4.69, 9.17) is 10.0 Å². The van der Waals surface area contributed by atoms with Crippen LogP contribution in [0.2, 0.25) is 0 Å². The third-order valence-electron chi connectivity index (χ3n) is 1.62. The molecule has 0 radical (unpaired) electrons. The average Bonchev–Trinajstić information content (AvgIpc) is 2.34. The molecule has 0 aliphatic carbocycles. The molecule has 0 aromatic heterocycles. The third-order valence-corrected chi connectivity index (χ3v) is 1.62. The van der Waals surface area contributed by atoms with Gasteiger partial charge in [-0.05, 0) is 12.4 Å². The lowest BCUT2D eigenvalue weighted by molar-refractivity contribution is 0.101. The summed E-state index contributed by atoms with van der Waals surface area (Å²) in [5.74, 6) is -0.0334. The molecule has 16 heavy (non-hydrogen) atoms. The van der Waals surface area contributed by atoms with Gasteiger partial charge in [-0.15, -0.1) is 0 Å². The molecule has 0 fully saturated rings. The predicted molar refractivity (Wildman–Crippen MR) is 69.0 cm³/mol. The molecule has 0 saturated heterocycles. The lowest BCUT2D eigenvalue weighted by atomic mass is 9.80. The summed E-state index contributed by atoms with van der Waals surface area (Å²) >= 11 is 0. The lowest BCUT2D eigenvalue weighted by Crippen LogP contribution is -2.29. The first-order valence-electron chi connectivity index (χ1n) is 5.58. The second-order valence-corrected chi connectivity index (χ2v) is 2.55. The standard InChI is InChI=1S/C8H9BO3.2C2H6/c1-6(10)7-2-4-8(5-3-7)9(11)12;2*1-2/h2-5,11-12H,1H3;2*1-2H3. The number of Topliss-reactive ketones (excluding diaryl/α,β-unsaturated/α-hetero) is 1. The van der Waals surface area contributed by atoms with Gasteiger partial charge in [-0.1, -0.05) is 52.0 Å². The van der Waals surface area contributed by atoms with Gasteiger partial charge in [0.2, 0.25) is 0 Å². The van der Waals surface area contributed by atoms with Crippen LogP contribution in [0, 0.1) is 0 Å². The van der Waals surface area contributed by atoms with Crippen molar-refractivity contribution in [2.24, 2.45) is 0 Å². The summed E-state index contributed by atoms with van der Waals surface area (Å²) in [5, 5.41) is 17.4. The van der Waals surface area contributed by atoms with E-state index >= 15 is 0 Å². The van der Waals surface area contributed by atoms with Crippen molar-refractivity contribution in [3.8, 4) is 0 Å². The van der Waals surface area contributed by atoms with Gasteiger partial charge in [-0.3, -0.25) is 4.79 Å². The Labute approximate surface area is 98.3 Å². The van der Waals surface area contributed by atoms with Crippen molar-refractivity contribution < 1.29 is 14.8 Å². The first kappa shape index (κ1) is 17.3. The molecule has 1 rings (SSSR count). The van der Waals surface area contributed by atoms with Gasteiger partial charge in [0.1, 0.15) is 0 Å².